The molecule has 0 aromatic heterocycles. The van der Waals surface area contributed by atoms with E-state index in [1.165, 1.54) is 29.0 Å². The van der Waals surface area contributed by atoms with Gasteiger partial charge in [0, 0.05) is 43.1 Å². The van der Waals surface area contributed by atoms with Gasteiger partial charge in [-0.1, -0.05) is 38.2 Å². The van der Waals surface area contributed by atoms with Crippen LogP contribution in [0.25, 0.3) is 6.08 Å². The van der Waals surface area contributed by atoms with E-state index in [1.807, 2.05) is 30.0 Å². The Kier molecular flexibility index (Phi) is 7.78. The van der Waals surface area contributed by atoms with Crippen LogP contribution in [0.1, 0.15) is 88.7 Å². The fourth-order valence-corrected chi connectivity index (χ4v) is 7.80. The van der Waals surface area contributed by atoms with Crippen molar-refractivity contribution in [2.45, 2.75) is 96.1 Å². The topological polar surface area (TPSA) is 99.2 Å². The summed E-state index contributed by atoms with van der Waals surface area (Å²) >= 11 is 0. The number of nitrogens with one attached hydrogen (secondary N) is 1. The number of piperidine rings is 1. The first-order chi connectivity index (χ1) is 18.2. The summed E-state index contributed by atoms with van der Waals surface area (Å²) < 4.78 is 27.8. The maximum Gasteiger partial charge on any atom is 0.253 e. The molecular weight excluding hydrogens is 500 g/mol. The van der Waals surface area contributed by atoms with Gasteiger partial charge in [-0.15, -0.1) is 0 Å². The second-order valence-electron chi connectivity index (χ2n) is 11.4. The van der Waals surface area contributed by atoms with Crippen molar-refractivity contribution in [3.8, 4) is 0 Å². The molecule has 2 heterocycles. The molecule has 9 heteroatoms. The molecule has 2 aliphatic carbocycles. The molecule has 2 saturated carbocycles. The molecule has 2 aliphatic heterocycles. The van der Waals surface area contributed by atoms with Gasteiger partial charge >= 0.3 is 0 Å². The van der Waals surface area contributed by atoms with E-state index in [0.29, 0.717) is 18.8 Å². The molecule has 5 rings (SSSR count). The van der Waals surface area contributed by atoms with Gasteiger partial charge in [0.05, 0.1) is 0 Å². The third-order valence-electron chi connectivity index (χ3n) is 8.88. The summed E-state index contributed by atoms with van der Waals surface area (Å²) in [5.74, 6) is 1.11. The van der Waals surface area contributed by atoms with Gasteiger partial charge < -0.3 is 10.2 Å². The van der Waals surface area contributed by atoms with Gasteiger partial charge in [0.25, 0.3) is 5.91 Å². The molecule has 1 aromatic carbocycles. The van der Waals surface area contributed by atoms with Crippen LogP contribution in [0.5, 0.6) is 0 Å². The number of amides is 2. The van der Waals surface area contributed by atoms with E-state index in [4.69, 9.17) is 4.99 Å². The van der Waals surface area contributed by atoms with E-state index in [2.05, 4.69) is 5.32 Å². The van der Waals surface area contributed by atoms with Crippen LogP contribution < -0.4 is 10.2 Å². The summed E-state index contributed by atoms with van der Waals surface area (Å²) in [6.07, 6.45) is 12.5. The molecular formula is C29H40N4O4S. The van der Waals surface area contributed by atoms with Gasteiger partial charge in [-0.25, -0.2) is 8.42 Å². The molecule has 8 nitrogen and oxygen atoms in total. The number of benzene rings is 1. The number of aryl methyl sites for hydroxylation is 1. The maximum atomic E-state index is 13.2. The minimum atomic E-state index is -3.64. The molecule has 4 aliphatic rings. The molecule has 0 atom stereocenters. The zero-order valence-corrected chi connectivity index (χ0v) is 23.4. The number of nitrogens with zero attached hydrogens (tertiary/aromatic N) is 3. The van der Waals surface area contributed by atoms with Gasteiger partial charge in [0.15, 0.2) is 0 Å². The van der Waals surface area contributed by atoms with E-state index < -0.39 is 15.6 Å². The molecule has 0 unspecified atom stereocenters. The molecule has 1 N–H and O–H groups in total. The molecule has 1 spiro atoms. The minimum Gasteiger partial charge on any atom is -0.312 e. The van der Waals surface area contributed by atoms with Crippen LogP contribution in [0.3, 0.4) is 0 Å². The number of aliphatic imine (C=N–C) groups is 1. The van der Waals surface area contributed by atoms with Crippen LogP contribution in [-0.2, 0) is 19.6 Å². The summed E-state index contributed by atoms with van der Waals surface area (Å²) in [4.78, 5) is 32.0. The summed E-state index contributed by atoms with van der Waals surface area (Å²) in [7, 11) is -3.64. The number of anilines is 1. The minimum absolute atomic E-state index is 0.0381. The van der Waals surface area contributed by atoms with Crippen LogP contribution in [0.2, 0.25) is 0 Å². The Bertz CT molecular complexity index is 1240. The second-order valence-corrected chi connectivity index (χ2v) is 13.3. The lowest BCUT2D eigenvalue weighted by Gasteiger charge is -2.34. The lowest BCUT2D eigenvalue weighted by atomic mass is 9.88. The van der Waals surface area contributed by atoms with Crippen molar-refractivity contribution in [1.29, 1.82) is 0 Å². The van der Waals surface area contributed by atoms with Crippen LogP contribution in [-0.4, -0.2) is 55.0 Å². The first-order valence-electron chi connectivity index (χ1n) is 14.2. The highest BCUT2D eigenvalue weighted by molar-refractivity contribution is 7.92. The predicted molar refractivity (Wildman–Crippen MR) is 150 cm³/mol. The summed E-state index contributed by atoms with van der Waals surface area (Å²) in [5.41, 5.74) is 1.77. The quantitative estimate of drug-likeness (QED) is 0.573. The lowest BCUT2D eigenvalue weighted by molar-refractivity contribution is -0.125. The third-order valence-corrected chi connectivity index (χ3v) is 10.4. The van der Waals surface area contributed by atoms with Crippen molar-refractivity contribution < 1.29 is 18.0 Å². The zero-order chi connectivity index (χ0) is 26.9. The van der Waals surface area contributed by atoms with Crippen molar-refractivity contribution >= 4 is 39.4 Å². The Morgan fingerprint density at radius 2 is 1.74 bits per heavy atom. The maximum absolute atomic E-state index is 13.2. The van der Waals surface area contributed by atoms with Crippen LogP contribution in [0.4, 0.5) is 5.69 Å². The Hall–Kier alpha value is -2.52. The van der Waals surface area contributed by atoms with E-state index in [9.17, 15) is 18.0 Å². The largest absolute Gasteiger partial charge is 0.312 e. The molecule has 3 fully saturated rings. The molecule has 38 heavy (non-hydrogen) atoms. The number of carbonyl (C=O) groups is 2. The van der Waals surface area contributed by atoms with Crippen LogP contribution in [0.15, 0.2) is 28.6 Å². The Labute approximate surface area is 226 Å². The van der Waals surface area contributed by atoms with E-state index in [1.54, 1.807) is 13.0 Å². The monoisotopic (exact) mass is 540 g/mol. The second kappa shape index (κ2) is 10.9. The van der Waals surface area contributed by atoms with Crippen molar-refractivity contribution in [3.63, 3.8) is 0 Å². The van der Waals surface area contributed by atoms with Crippen molar-refractivity contribution in [2.75, 3.05) is 18.0 Å². The predicted octanol–water partition coefficient (Wildman–Crippen LogP) is 4.53. The number of hydrogen-bond acceptors (Lipinski definition) is 5. The first kappa shape index (κ1) is 27.1. The third kappa shape index (κ3) is 5.45. The molecule has 1 saturated heterocycles. The molecule has 2 amide bonds. The molecule has 0 radical (unpaired) electrons. The Morgan fingerprint density at radius 1 is 1.08 bits per heavy atom. The van der Waals surface area contributed by atoms with E-state index >= 15 is 0 Å². The smallest absolute Gasteiger partial charge is 0.253 e. The highest BCUT2D eigenvalue weighted by atomic mass is 32.2. The number of sulfonamides is 1. The highest BCUT2D eigenvalue weighted by Gasteiger charge is 2.48. The fourth-order valence-electron chi connectivity index (χ4n) is 6.62. The number of hydrogen-bond donors (Lipinski definition) is 1. The number of rotatable bonds is 6. The average Bonchev–Trinajstić information content (AvgIpc) is 3.53. The van der Waals surface area contributed by atoms with E-state index in [-0.39, 0.29) is 30.9 Å². The zero-order valence-electron chi connectivity index (χ0n) is 22.6. The van der Waals surface area contributed by atoms with Crippen LogP contribution >= 0.6 is 0 Å². The van der Waals surface area contributed by atoms with Crippen molar-refractivity contribution in [3.05, 3.63) is 34.7 Å². The first-order valence-corrected chi connectivity index (χ1v) is 15.7. The molecule has 1 aromatic rings. The van der Waals surface area contributed by atoms with Gasteiger partial charge in [0.2, 0.25) is 15.9 Å². The van der Waals surface area contributed by atoms with Crippen molar-refractivity contribution in [2.24, 2.45) is 10.9 Å². The highest BCUT2D eigenvalue weighted by Crippen LogP contribution is 2.35. The van der Waals surface area contributed by atoms with Gasteiger partial charge in [-0.2, -0.15) is 4.31 Å². The van der Waals surface area contributed by atoms with Gasteiger partial charge in [-0.3, -0.25) is 14.6 Å². The Balaban J connectivity index is 1.24. The summed E-state index contributed by atoms with van der Waals surface area (Å²) in [5, 5.41) is 4.29. The Morgan fingerprint density at radius 3 is 2.37 bits per heavy atom. The van der Waals surface area contributed by atoms with Gasteiger partial charge in [-0.05, 0) is 74.8 Å². The molecule has 0 bridgehead atoms. The van der Waals surface area contributed by atoms with Crippen LogP contribution in [0, 0.1) is 12.8 Å². The van der Waals surface area contributed by atoms with Gasteiger partial charge in [0.1, 0.15) is 11.4 Å². The number of carbonyl (C=O) groups excluding carboxylic acids is 2. The summed E-state index contributed by atoms with van der Waals surface area (Å²) in [6, 6.07) is 6.00. The summed E-state index contributed by atoms with van der Waals surface area (Å²) in [6.45, 7) is 4.09. The standard InChI is InChI=1S/C29H40N4O4S/c1-21-20-26(33(22(2)34)25-10-6-7-11-25)13-12-23(21)14-19-38(36,37)32-17-15-29(16-18-32)28(35)30-27(31-29)24-8-4-3-5-9-24/h12-14,19-20,24-25H,3-11,15-18H2,1-2H3,(H,30,31,35). The fraction of sp³-hybridized carbons (Fsp3) is 0.621. The number of amidine groups is 1. The van der Waals surface area contributed by atoms with Crippen molar-refractivity contribution in [1.82, 2.24) is 9.62 Å². The van der Waals surface area contributed by atoms with E-state index in [0.717, 1.165) is 61.2 Å². The normalized spacial score (nSPS) is 23.2. The SMILES string of the molecule is CC(=O)N(c1ccc(C=CS(=O)(=O)N2CCC3(CC2)N=C(C2CCCCC2)NC3=O)c(C)c1)C1CCCC1. The average molecular weight is 541 g/mol. The molecule has 206 valence electrons. The lowest BCUT2D eigenvalue weighted by Crippen LogP contribution is -2.50.